The van der Waals surface area contributed by atoms with E-state index in [2.05, 4.69) is 26.1 Å². The van der Waals surface area contributed by atoms with Crippen molar-refractivity contribution in [3.05, 3.63) is 35.6 Å². The van der Waals surface area contributed by atoms with Crippen LogP contribution in [0.1, 0.15) is 58.1 Å². The summed E-state index contributed by atoms with van der Waals surface area (Å²) in [5.41, 5.74) is 1.03. The molecule has 1 N–H and O–H groups in total. The van der Waals surface area contributed by atoms with Crippen molar-refractivity contribution in [3.8, 4) is 0 Å². The van der Waals surface area contributed by atoms with E-state index < -0.39 is 0 Å². The maximum Gasteiger partial charge on any atom is 0.123 e. The molecule has 1 rings (SSSR count). The summed E-state index contributed by atoms with van der Waals surface area (Å²) in [4.78, 5) is 0. The molecule has 18 heavy (non-hydrogen) atoms. The SMILES string of the molecule is CCCCC(CC)CN[C@H](C)c1cccc(F)c1. The molecular formula is C16H26FN. The van der Waals surface area contributed by atoms with E-state index in [1.54, 1.807) is 12.1 Å². The van der Waals surface area contributed by atoms with Gasteiger partial charge in [-0.1, -0.05) is 45.2 Å². The highest BCUT2D eigenvalue weighted by atomic mass is 19.1. The standard InChI is InChI=1S/C16H26FN/c1-4-6-8-14(5-2)12-18-13(3)15-9-7-10-16(17)11-15/h7,9-11,13-14,18H,4-6,8,12H2,1-3H3/t13-,14?/m1/s1. The van der Waals surface area contributed by atoms with Gasteiger partial charge in [0.25, 0.3) is 0 Å². The number of halogens is 1. The first-order chi connectivity index (χ1) is 8.67. The Kier molecular flexibility index (Phi) is 6.96. The fourth-order valence-electron chi connectivity index (χ4n) is 2.18. The number of nitrogens with one attached hydrogen (secondary N) is 1. The van der Waals surface area contributed by atoms with Gasteiger partial charge in [-0.2, -0.15) is 0 Å². The summed E-state index contributed by atoms with van der Waals surface area (Å²) in [5.74, 6) is 0.583. The van der Waals surface area contributed by atoms with Gasteiger partial charge in [-0.3, -0.25) is 0 Å². The number of hydrogen-bond acceptors (Lipinski definition) is 1. The van der Waals surface area contributed by atoms with Crippen molar-refractivity contribution >= 4 is 0 Å². The van der Waals surface area contributed by atoms with Crippen molar-refractivity contribution in [2.75, 3.05) is 6.54 Å². The number of rotatable bonds is 8. The summed E-state index contributed by atoms with van der Waals surface area (Å²) in [6.45, 7) is 7.60. The quantitative estimate of drug-likeness (QED) is 0.706. The molecular weight excluding hydrogens is 225 g/mol. The molecule has 0 radical (unpaired) electrons. The van der Waals surface area contributed by atoms with Gasteiger partial charge in [0.05, 0.1) is 0 Å². The second kappa shape index (κ2) is 8.25. The van der Waals surface area contributed by atoms with E-state index in [0.717, 1.165) is 18.0 Å². The highest BCUT2D eigenvalue weighted by Crippen LogP contribution is 2.16. The first-order valence-corrected chi connectivity index (χ1v) is 7.16. The first-order valence-electron chi connectivity index (χ1n) is 7.16. The van der Waals surface area contributed by atoms with Gasteiger partial charge in [0.1, 0.15) is 5.82 Å². The van der Waals surface area contributed by atoms with Crippen molar-refractivity contribution in [1.82, 2.24) is 5.32 Å². The molecule has 2 heteroatoms. The van der Waals surface area contributed by atoms with Crippen LogP contribution in [0.25, 0.3) is 0 Å². The van der Waals surface area contributed by atoms with E-state index in [4.69, 9.17) is 0 Å². The lowest BCUT2D eigenvalue weighted by atomic mass is 9.98. The maximum absolute atomic E-state index is 13.1. The van der Waals surface area contributed by atoms with Crippen LogP contribution in [0.4, 0.5) is 4.39 Å². The zero-order valence-electron chi connectivity index (χ0n) is 11.9. The fourth-order valence-corrected chi connectivity index (χ4v) is 2.18. The van der Waals surface area contributed by atoms with Crippen LogP contribution in [0.2, 0.25) is 0 Å². The third-order valence-corrected chi connectivity index (χ3v) is 3.60. The van der Waals surface area contributed by atoms with Gasteiger partial charge in [0.2, 0.25) is 0 Å². The maximum atomic E-state index is 13.1. The lowest BCUT2D eigenvalue weighted by Gasteiger charge is -2.20. The van der Waals surface area contributed by atoms with E-state index in [0.29, 0.717) is 0 Å². The summed E-state index contributed by atoms with van der Waals surface area (Å²) >= 11 is 0. The van der Waals surface area contributed by atoms with Crippen molar-refractivity contribution in [2.45, 2.75) is 52.5 Å². The summed E-state index contributed by atoms with van der Waals surface area (Å²) in [5, 5.41) is 3.52. The molecule has 1 aromatic rings. The molecule has 0 spiro atoms. The second-order valence-electron chi connectivity index (χ2n) is 5.10. The van der Waals surface area contributed by atoms with E-state index in [1.165, 1.54) is 31.7 Å². The monoisotopic (exact) mass is 251 g/mol. The largest absolute Gasteiger partial charge is 0.310 e. The molecule has 0 amide bonds. The minimum Gasteiger partial charge on any atom is -0.310 e. The Labute approximate surface area is 111 Å². The molecule has 0 fully saturated rings. The van der Waals surface area contributed by atoms with E-state index in [1.807, 2.05) is 6.07 Å². The average Bonchev–Trinajstić information content (AvgIpc) is 2.38. The van der Waals surface area contributed by atoms with Crippen molar-refractivity contribution in [3.63, 3.8) is 0 Å². The topological polar surface area (TPSA) is 12.0 Å². The van der Waals surface area contributed by atoms with Gasteiger partial charge < -0.3 is 5.32 Å². The van der Waals surface area contributed by atoms with E-state index >= 15 is 0 Å². The molecule has 0 aromatic heterocycles. The number of hydrogen-bond donors (Lipinski definition) is 1. The third kappa shape index (κ3) is 5.18. The van der Waals surface area contributed by atoms with Crippen LogP contribution in [0.5, 0.6) is 0 Å². The van der Waals surface area contributed by atoms with Gasteiger partial charge in [-0.15, -0.1) is 0 Å². The molecule has 102 valence electrons. The van der Waals surface area contributed by atoms with Gasteiger partial charge in [-0.25, -0.2) is 4.39 Å². The Hall–Kier alpha value is -0.890. The molecule has 0 saturated carbocycles. The molecule has 0 bridgehead atoms. The third-order valence-electron chi connectivity index (χ3n) is 3.60. The summed E-state index contributed by atoms with van der Waals surface area (Å²) in [6.07, 6.45) is 5.06. The van der Waals surface area contributed by atoms with Crippen molar-refractivity contribution in [2.24, 2.45) is 5.92 Å². The lowest BCUT2D eigenvalue weighted by molar-refractivity contribution is 0.398. The van der Waals surface area contributed by atoms with Crippen LogP contribution in [-0.4, -0.2) is 6.54 Å². The predicted molar refractivity (Wildman–Crippen MR) is 76.1 cm³/mol. The number of benzene rings is 1. The molecule has 0 aliphatic heterocycles. The zero-order chi connectivity index (χ0) is 13.4. The average molecular weight is 251 g/mol. The zero-order valence-corrected chi connectivity index (χ0v) is 11.9. The normalized spacial score (nSPS) is 14.4. The first kappa shape index (κ1) is 15.2. The summed E-state index contributed by atoms with van der Waals surface area (Å²) < 4.78 is 13.1. The molecule has 1 unspecified atom stereocenters. The van der Waals surface area contributed by atoms with Crippen LogP contribution in [0, 0.1) is 11.7 Å². The van der Waals surface area contributed by atoms with Gasteiger partial charge >= 0.3 is 0 Å². The summed E-state index contributed by atoms with van der Waals surface area (Å²) in [6, 6.07) is 7.08. The Morgan fingerprint density at radius 1 is 1.28 bits per heavy atom. The lowest BCUT2D eigenvalue weighted by Crippen LogP contribution is -2.25. The molecule has 1 nitrogen and oxygen atoms in total. The van der Waals surface area contributed by atoms with Crippen LogP contribution < -0.4 is 5.32 Å². The van der Waals surface area contributed by atoms with Crippen LogP contribution in [-0.2, 0) is 0 Å². The van der Waals surface area contributed by atoms with Gasteiger partial charge in [0.15, 0.2) is 0 Å². The van der Waals surface area contributed by atoms with E-state index in [-0.39, 0.29) is 11.9 Å². The van der Waals surface area contributed by atoms with Gasteiger partial charge in [0, 0.05) is 6.04 Å². The van der Waals surface area contributed by atoms with Crippen molar-refractivity contribution in [1.29, 1.82) is 0 Å². The Morgan fingerprint density at radius 3 is 2.67 bits per heavy atom. The fraction of sp³-hybridized carbons (Fsp3) is 0.625. The molecule has 2 atom stereocenters. The molecule has 0 heterocycles. The minimum absolute atomic E-state index is 0.154. The number of unbranched alkanes of at least 4 members (excludes halogenated alkanes) is 1. The molecule has 0 aliphatic rings. The van der Waals surface area contributed by atoms with Gasteiger partial charge in [-0.05, 0) is 43.5 Å². The molecule has 1 aromatic carbocycles. The van der Waals surface area contributed by atoms with Crippen LogP contribution in [0.3, 0.4) is 0 Å². The van der Waals surface area contributed by atoms with Crippen LogP contribution >= 0.6 is 0 Å². The second-order valence-corrected chi connectivity index (χ2v) is 5.10. The molecule has 0 aliphatic carbocycles. The molecule has 0 saturated heterocycles. The Balaban J connectivity index is 2.42. The Bertz CT molecular complexity index is 338. The van der Waals surface area contributed by atoms with Crippen LogP contribution in [0.15, 0.2) is 24.3 Å². The van der Waals surface area contributed by atoms with E-state index in [9.17, 15) is 4.39 Å². The Morgan fingerprint density at radius 2 is 2.06 bits per heavy atom. The minimum atomic E-state index is -0.154. The van der Waals surface area contributed by atoms with Crippen molar-refractivity contribution < 1.29 is 4.39 Å². The summed E-state index contributed by atoms with van der Waals surface area (Å²) in [7, 11) is 0. The highest BCUT2D eigenvalue weighted by Gasteiger charge is 2.09. The predicted octanol–water partition coefficient (Wildman–Crippen LogP) is 4.69. The smallest absolute Gasteiger partial charge is 0.123 e. The highest BCUT2D eigenvalue weighted by molar-refractivity contribution is 5.19.